The molecule has 130 valence electrons. The van der Waals surface area contributed by atoms with E-state index in [1.54, 1.807) is 47.1 Å². The Balaban J connectivity index is 1.46. The van der Waals surface area contributed by atoms with Crippen molar-refractivity contribution in [1.82, 2.24) is 14.6 Å². The molecule has 0 atom stereocenters. The summed E-state index contributed by atoms with van der Waals surface area (Å²) in [5.41, 5.74) is 2.64. The van der Waals surface area contributed by atoms with Crippen molar-refractivity contribution >= 4 is 34.7 Å². The van der Waals surface area contributed by atoms with Gasteiger partial charge in [0.15, 0.2) is 0 Å². The minimum atomic E-state index is -0.355. The maximum Gasteiger partial charge on any atom is 0.323 e. The predicted molar refractivity (Wildman–Crippen MR) is 99.5 cm³/mol. The van der Waals surface area contributed by atoms with Crippen LogP contribution in [-0.2, 0) is 0 Å². The molecule has 2 heterocycles. The number of rotatable bonds is 3. The number of hydrogen-bond donors (Lipinski definition) is 2. The van der Waals surface area contributed by atoms with Gasteiger partial charge in [0.05, 0.1) is 6.20 Å². The summed E-state index contributed by atoms with van der Waals surface area (Å²) < 4.78 is 7.30. The first kappa shape index (κ1) is 16.2. The van der Waals surface area contributed by atoms with Crippen LogP contribution in [0.2, 0.25) is 5.02 Å². The summed E-state index contributed by atoms with van der Waals surface area (Å²) in [7, 11) is 0. The van der Waals surface area contributed by atoms with Gasteiger partial charge in [-0.1, -0.05) is 17.7 Å². The Bertz CT molecular complexity index is 1080. The highest BCUT2D eigenvalue weighted by Crippen LogP contribution is 2.22. The lowest BCUT2D eigenvalue weighted by molar-refractivity contribution is 0.262. The van der Waals surface area contributed by atoms with Gasteiger partial charge in [0.2, 0.25) is 11.6 Å². The lowest BCUT2D eigenvalue weighted by Crippen LogP contribution is -2.19. The van der Waals surface area contributed by atoms with Crippen molar-refractivity contribution in [2.45, 2.75) is 6.92 Å². The topological polar surface area (TPSA) is 84.5 Å². The second kappa shape index (κ2) is 6.53. The van der Waals surface area contributed by atoms with Crippen molar-refractivity contribution in [1.29, 1.82) is 0 Å². The number of halogens is 1. The van der Waals surface area contributed by atoms with Crippen LogP contribution in [0.25, 0.3) is 17.2 Å². The molecule has 26 heavy (non-hydrogen) atoms. The van der Waals surface area contributed by atoms with Gasteiger partial charge in [-0.3, -0.25) is 0 Å². The molecule has 0 spiro atoms. The fourth-order valence-electron chi connectivity index (χ4n) is 2.49. The molecule has 2 aromatic carbocycles. The van der Waals surface area contributed by atoms with Gasteiger partial charge in [0.1, 0.15) is 5.82 Å². The van der Waals surface area contributed by atoms with Crippen LogP contribution in [0.15, 0.2) is 59.1 Å². The molecule has 2 amide bonds. The quantitative estimate of drug-likeness (QED) is 0.554. The molecular formula is C18H14ClN5O2. The summed E-state index contributed by atoms with van der Waals surface area (Å²) in [5.74, 6) is 1.24. The van der Waals surface area contributed by atoms with Crippen molar-refractivity contribution in [2.24, 2.45) is 0 Å². The maximum atomic E-state index is 12.1. The Morgan fingerprint density at radius 1 is 1.12 bits per heavy atom. The highest BCUT2D eigenvalue weighted by molar-refractivity contribution is 6.30. The fraction of sp³-hybridized carbons (Fsp3) is 0.0556. The summed E-state index contributed by atoms with van der Waals surface area (Å²) in [5, 5.41) is 10.4. The average Bonchev–Trinajstić information content (AvgIpc) is 3.18. The van der Waals surface area contributed by atoms with E-state index in [2.05, 4.69) is 20.7 Å². The van der Waals surface area contributed by atoms with Gasteiger partial charge in [-0.25, -0.2) is 9.78 Å². The lowest BCUT2D eigenvalue weighted by Gasteiger charge is -2.08. The summed E-state index contributed by atoms with van der Waals surface area (Å²) in [4.78, 5) is 16.2. The third kappa shape index (κ3) is 3.25. The third-order valence-corrected chi connectivity index (χ3v) is 3.98. The Morgan fingerprint density at radius 3 is 2.62 bits per heavy atom. The number of benzene rings is 2. The maximum absolute atomic E-state index is 12.1. The van der Waals surface area contributed by atoms with Crippen molar-refractivity contribution < 1.29 is 9.21 Å². The van der Waals surface area contributed by atoms with Crippen LogP contribution in [-0.4, -0.2) is 20.6 Å². The molecule has 0 bridgehead atoms. The molecule has 0 aliphatic carbocycles. The van der Waals surface area contributed by atoms with E-state index in [0.717, 1.165) is 11.4 Å². The number of nitrogens with zero attached hydrogens (tertiary/aromatic N) is 3. The Labute approximate surface area is 153 Å². The van der Waals surface area contributed by atoms with Gasteiger partial charge < -0.3 is 15.1 Å². The molecule has 0 fully saturated rings. The van der Waals surface area contributed by atoms with Crippen LogP contribution in [0.1, 0.15) is 5.82 Å². The molecule has 4 rings (SSSR count). The van der Waals surface area contributed by atoms with Crippen molar-refractivity contribution in [3.05, 3.63) is 65.6 Å². The average molecular weight is 368 g/mol. The number of urea groups is 1. The number of carbonyl (C=O) groups excluding carboxylic acids is 1. The molecule has 0 unspecified atom stereocenters. The number of hydrogen-bond acceptors (Lipinski definition) is 4. The van der Waals surface area contributed by atoms with Crippen LogP contribution < -0.4 is 10.6 Å². The Morgan fingerprint density at radius 2 is 1.88 bits per heavy atom. The second-order valence-corrected chi connectivity index (χ2v) is 6.07. The highest BCUT2D eigenvalue weighted by atomic mass is 35.5. The molecule has 2 N–H and O–H groups in total. The summed E-state index contributed by atoms with van der Waals surface area (Å²) >= 11 is 5.90. The van der Waals surface area contributed by atoms with Crippen LogP contribution in [0.4, 0.5) is 16.2 Å². The Hall–Kier alpha value is -3.32. The lowest BCUT2D eigenvalue weighted by atomic mass is 10.2. The molecule has 7 nitrogen and oxygen atoms in total. The minimum absolute atomic E-state index is 0.355. The normalized spacial score (nSPS) is 10.8. The first-order chi connectivity index (χ1) is 12.6. The van der Waals surface area contributed by atoms with Crippen molar-refractivity contribution in [2.75, 3.05) is 10.6 Å². The van der Waals surface area contributed by atoms with Gasteiger partial charge in [-0.2, -0.15) is 4.52 Å². The van der Waals surface area contributed by atoms with Crippen LogP contribution in [0, 0.1) is 6.92 Å². The zero-order chi connectivity index (χ0) is 18.1. The van der Waals surface area contributed by atoms with Gasteiger partial charge in [0, 0.05) is 22.0 Å². The molecule has 0 aliphatic rings. The van der Waals surface area contributed by atoms with E-state index in [4.69, 9.17) is 16.0 Å². The van der Waals surface area contributed by atoms with Gasteiger partial charge in [-0.05, 0) is 49.4 Å². The van der Waals surface area contributed by atoms with E-state index >= 15 is 0 Å². The zero-order valence-corrected chi connectivity index (χ0v) is 14.5. The van der Waals surface area contributed by atoms with E-state index < -0.39 is 0 Å². The highest BCUT2D eigenvalue weighted by Gasteiger charge is 2.11. The van der Waals surface area contributed by atoms with Crippen LogP contribution in [0.3, 0.4) is 0 Å². The van der Waals surface area contributed by atoms with Crippen LogP contribution in [0.5, 0.6) is 0 Å². The van der Waals surface area contributed by atoms with E-state index in [0.29, 0.717) is 28.0 Å². The Kier molecular flexibility index (Phi) is 4.06. The van der Waals surface area contributed by atoms with Crippen molar-refractivity contribution in [3.63, 3.8) is 0 Å². The van der Waals surface area contributed by atoms with Crippen LogP contribution >= 0.6 is 11.6 Å². The number of aryl methyl sites for hydroxylation is 1. The van der Waals surface area contributed by atoms with E-state index in [1.165, 1.54) is 0 Å². The number of carbonyl (C=O) groups is 1. The number of anilines is 2. The van der Waals surface area contributed by atoms with E-state index in [9.17, 15) is 4.79 Å². The van der Waals surface area contributed by atoms with E-state index in [-0.39, 0.29) is 6.03 Å². The van der Waals surface area contributed by atoms with Crippen molar-refractivity contribution in [3.8, 4) is 11.5 Å². The summed E-state index contributed by atoms with van der Waals surface area (Å²) in [6.45, 7) is 1.85. The molecule has 0 radical (unpaired) electrons. The summed E-state index contributed by atoms with van der Waals surface area (Å²) in [6.07, 6.45) is 1.63. The number of nitrogens with one attached hydrogen (secondary N) is 2. The smallest absolute Gasteiger partial charge is 0.323 e. The van der Waals surface area contributed by atoms with Gasteiger partial charge >= 0.3 is 6.03 Å². The fourth-order valence-corrected chi connectivity index (χ4v) is 2.68. The second-order valence-electron chi connectivity index (χ2n) is 5.63. The van der Waals surface area contributed by atoms with E-state index in [1.807, 2.05) is 19.1 Å². The number of fused-ring (bicyclic) bond motifs is 1. The molecule has 0 aliphatic heterocycles. The molecule has 8 heteroatoms. The SMILES string of the molecule is Cc1ncc2oc(-c3ccc(NC(=O)Nc4cccc(Cl)c4)cc3)nn12. The molecule has 4 aromatic rings. The third-order valence-electron chi connectivity index (χ3n) is 3.74. The molecule has 0 saturated carbocycles. The molecule has 0 saturated heterocycles. The monoisotopic (exact) mass is 367 g/mol. The first-order valence-electron chi connectivity index (χ1n) is 7.84. The minimum Gasteiger partial charge on any atom is -0.417 e. The van der Waals surface area contributed by atoms with Gasteiger partial charge in [0.25, 0.3) is 0 Å². The number of amides is 2. The first-order valence-corrected chi connectivity index (χ1v) is 8.21. The van der Waals surface area contributed by atoms with Gasteiger partial charge in [-0.15, -0.1) is 5.10 Å². The standard InChI is InChI=1S/C18H14ClN5O2/c1-11-20-10-16-24(11)23-17(26-16)12-5-7-14(8-6-12)21-18(25)22-15-4-2-3-13(19)9-15/h2-10H,1H3,(H2,21,22,25). The summed E-state index contributed by atoms with van der Waals surface area (Å²) in [6, 6.07) is 13.8. The number of imidazole rings is 1. The molecule has 2 aromatic heterocycles. The number of aromatic nitrogens is 3. The predicted octanol–water partition coefficient (Wildman–Crippen LogP) is 4.60. The zero-order valence-electron chi connectivity index (χ0n) is 13.7. The molecular weight excluding hydrogens is 354 g/mol. The largest absolute Gasteiger partial charge is 0.417 e.